The molecule has 0 bridgehead atoms. The van der Waals surface area contributed by atoms with Gasteiger partial charge in [0.1, 0.15) is 5.75 Å². The van der Waals surface area contributed by atoms with Crippen molar-refractivity contribution in [2.45, 2.75) is 18.9 Å². The van der Waals surface area contributed by atoms with Crippen molar-refractivity contribution in [1.29, 1.82) is 0 Å². The number of methoxy groups -OCH3 is 2. The molecule has 0 amide bonds. The zero-order valence-corrected chi connectivity index (χ0v) is 15.2. The highest BCUT2D eigenvalue weighted by Gasteiger charge is 2.21. The minimum atomic E-state index is 0.129. The van der Waals surface area contributed by atoms with Gasteiger partial charge < -0.3 is 25.3 Å². The van der Waals surface area contributed by atoms with Crippen LogP contribution in [-0.4, -0.2) is 33.3 Å². The van der Waals surface area contributed by atoms with Crippen LogP contribution in [-0.2, 0) is 6.42 Å². The summed E-state index contributed by atoms with van der Waals surface area (Å²) in [4.78, 5) is 4.45. The first-order valence-electron chi connectivity index (χ1n) is 8.70. The van der Waals surface area contributed by atoms with Crippen molar-refractivity contribution in [2.75, 3.05) is 27.4 Å². The predicted molar refractivity (Wildman–Crippen MR) is 102 cm³/mol. The maximum atomic E-state index is 6.08. The predicted octanol–water partition coefficient (Wildman–Crippen LogP) is 2.67. The van der Waals surface area contributed by atoms with Crippen molar-refractivity contribution in [1.82, 2.24) is 5.32 Å². The van der Waals surface area contributed by atoms with Crippen molar-refractivity contribution >= 4 is 5.96 Å². The van der Waals surface area contributed by atoms with Gasteiger partial charge in [-0.25, -0.2) is 0 Å². The average Bonchev–Trinajstić information content (AvgIpc) is 2.68. The maximum absolute atomic E-state index is 6.08. The Morgan fingerprint density at radius 2 is 2.00 bits per heavy atom. The first-order valence-corrected chi connectivity index (χ1v) is 8.70. The molecule has 1 atom stereocenters. The summed E-state index contributed by atoms with van der Waals surface area (Å²) in [7, 11) is 3.26. The van der Waals surface area contributed by atoms with Crippen molar-refractivity contribution in [3.05, 3.63) is 53.6 Å². The minimum absolute atomic E-state index is 0.129. The monoisotopic (exact) mass is 355 g/mol. The van der Waals surface area contributed by atoms with Gasteiger partial charge in [-0.3, -0.25) is 4.99 Å². The van der Waals surface area contributed by atoms with Crippen molar-refractivity contribution < 1.29 is 14.2 Å². The highest BCUT2D eigenvalue weighted by atomic mass is 16.5. The Bertz CT molecular complexity index is 777. The summed E-state index contributed by atoms with van der Waals surface area (Å²) in [6.07, 6.45) is 1.63. The number of hydrogen-bond acceptors (Lipinski definition) is 4. The molecule has 0 spiro atoms. The number of guanidine groups is 1. The van der Waals surface area contributed by atoms with Gasteiger partial charge in [-0.2, -0.15) is 0 Å². The lowest BCUT2D eigenvalue weighted by atomic mass is 10.0. The number of nitrogens with zero attached hydrogens (tertiary/aromatic N) is 1. The van der Waals surface area contributed by atoms with Crippen molar-refractivity contribution in [2.24, 2.45) is 10.7 Å². The molecule has 1 unspecified atom stereocenters. The van der Waals surface area contributed by atoms with Crippen LogP contribution in [0.15, 0.2) is 47.5 Å². The standard InChI is InChI=1S/C20H25N3O3/c1-24-18-8-7-14(13-19(18)25-2)9-11-22-20(21)23-16-10-12-26-17-6-4-3-5-15(16)17/h3-8,13,16H,9-12H2,1-2H3,(H3,21,22,23). The van der Waals surface area contributed by atoms with Crippen LogP contribution in [0.5, 0.6) is 17.2 Å². The Balaban J connectivity index is 1.58. The normalized spacial score (nSPS) is 16.4. The molecule has 3 N–H and O–H groups in total. The Kier molecular flexibility index (Phi) is 5.84. The van der Waals surface area contributed by atoms with E-state index >= 15 is 0 Å². The number of nitrogens with one attached hydrogen (secondary N) is 1. The van der Waals surface area contributed by atoms with E-state index in [1.807, 2.05) is 36.4 Å². The fraction of sp³-hybridized carbons (Fsp3) is 0.350. The quantitative estimate of drug-likeness (QED) is 0.615. The van der Waals surface area contributed by atoms with Crippen LogP contribution in [0.1, 0.15) is 23.6 Å². The number of aliphatic imine (C=N–C) groups is 1. The number of hydrogen-bond donors (Lipinski definition) is 2. The smallest absolute Gasteiger partial charge is 0.189 e. The van der Waals surface area contributed by atoms with Crippen LogP contribution < -0.4 is 25.3 Å². The number of benzene rings is 2. The number of rotatable bonds is 6. The first-order chi connectivity index (χ1) is 12.7. The summed E-state index contributed by atoms with van der Waals surface area (Å²) in [5, 5.41) is 3.31. The van der Waals surface area contributed by atoms with Crippen molar-refractivity contribution in [3.8, 4) is 17.2 Å². The molecule has 3 rings (SSSR count). The zero-order valence-electron chi connectivity index (χ0n) is 15.2. The summed E-state index contributed by atoms with van der Waals surface area (Å²) >= 11 is 0. The van der Waals surface area contributed by atoms with Gasteiger partial charge in [0.05, 0.1) is 26.9 Å². The number of para-hydroxylation sites is 1. The van der Waals surface area contributed by atoms with Gasteiger partial charge in [-0.15, -0.1) is 0 Å². The lowest BCUT2D eigenvalue weighted by Crippen LogP contribution is -2.37. The van der Waals surface area contributed by atoms with Gasteiger partial charge >= 0.3 is 0 Å². The van der Waals surface area contributed by atoms with Gasteiger partial charge in [-0.1, -0.05) is 24.3 Å². The van der Waals surface area contributed by atoms with E-state index in [9.17, 15) is 0 Å². The van der Waals surface area contributed by atoms with E-state index in [2.05, 4.69) is 16.4 Å². The topological polar surface area (TPSA) is 78.1 Å². The molecule has 2 aromatic rings. The number of ether oxygens (including phenoxy) is 3. The van der Waals surface area contributed by atoms with Crippen LogP contribution in [0.2, 0.25) is 0 Å². The average molecular weight is 355 g/mol. The summed E-state index contributed by atoms with van der Waals surface area (Å²) in [5.41, 5.74) is 8.32. The molecule has 6 nitrogen and oxygen atoms in total. The Morgan fingerprint density at radius 3 is 2.81 bits per heavy atom. The highest BCUT2D eigenvalue weighted by Crippen LogP contribution is 2.31. The second-order valence-corrected chi connectivity index (χ2v) is 6.08. The minimum Gasteiger partial charge on any atom is -0.493 e. The van der Waals surface area contributed by atoms with Crippen LogP contribution in [0.3, 0.4) is 0 Å². The fourth-order valence-corrected chi connectivity index (χ4v) is 3.06. The van der Waals surface area contributed by atoms with E-state index < -0.39 is 0 Å². The Labute approximate surface area is 154 Å². The molecule has 0 saturated carbocycles. The molecule has 6 heteroatoms. The summed E-state index contributed by atoms with van der Waals surface area (Å²) < 4.78 is 16.3. The van der Waals surface area contributed by atoms with E-state index in [1.165, 1.54) is 0 Å². The van der Waals surface area contributed by atoms with Gasteiger partial charge in [0.15, 0.2) is 17.5 Å². The Hall–Kier alpha value is -2.89. The molecule has 1 heterocycles. The van der Waals surface area contributed by atoms with Crippen LogP contribution in [0, 0.1) is 0 Å². The van der Waals surface area contributed by atoms with E-state index in [0.717, 1.165) is 41.2 Å². The van der Waals surface area contributed by atoms with E-state index in [-0.39, 0.29) is 6.04 Å². The molecule has 1 aliphatic rings. The maximum Gasteiger partial charge on any atom is 0.189 e. The third-order valence-corrected chi connectivity index (χ3v) is 4.41. The van der Waals surface area contributed by atoms with E-state index in [4.69, 9.17) is 19.9 Å². The third kappa shape index (κ3) is 4.20. The second kappa shape index (κ2) is 8.47. The van der Waals surface area contributed by atoms with Crippen LogP contribution in [0.25, 0.3) is 0 Å². The summed E-state index contributed by atoms with van der Waals surface area (Å²) in [6, 6.07) is 14.0. The number of nitrogens with two attached hydrogens (primary N) is 1. The number of fused-ring (bicyclic) bond motifs is 1. The van der Waals surface area contributed by atoms with Crippen molar-refractivity contribution in [3.63, 3.8) is 0 Å². The SMILES string of the molecule is COc1ccc(CCN=C(N)NC2CCOc3ccccc32)cc1OC. The van der Waals surface area contributed by atoms with Gasteiger partial charge in [0, 0.05) is 18.5 Å². The zero-order chi connectivity index (χ0) is 18.4. The molecule has 0 aromatic heterocycles. The van der Waals surface area contributed by atoms with Gasteiger partial charge in [0.2, 0.25) is 0 Å². The Morgan fingerprint density at radius 1 is 1.19 bits per heavy atom. The molecule has 1 aliphatic heterocycles. The lowest BCUT2D eigenvalue weighted by molar-refractivity contribution is 0.262. The molecule has 0 saturated heterocycles. The highest BCUT2D eigenvalue weighted by molar-refractivity contribution is 5.78. The molecule has 138 valence electrons. The molecule has 0 radical (unpaired) electrons. The van der Waals surface area contributed by atoms with E-state index in [1.54, 1.807) is 14.2 Å². The molecule has 26 heavy (non-hydrogen) atoms. The molecular weight excluding hydrogens is 330 g/mol. The van der Waals surface area contributed by atoms with Gasteiger partial charge in [-0.05, 0) is 30.2 Å². The first kappa shape index (κ1) is 17.9. The van der Waals surface area contributed by atoms with Gasteiger partial charge in [0.25, 0.3) is 0 Å². The molecule has 0 fully saturated rings. The largest absolute Gasteiger partial charge is 0.493 e. The summed E-state index contributed by atoms with van der Waals surface area (Å²) in [5.74, 6) is 2.81. The molecule has 2 aromatic carbocycles. The van der Waals surface area contributed by atoms with E-state index in [0.29, 0.717) is 19.1 Å². The summed E-state index contributed by atoms with van der Waals surface area (Å²) in [6.45, 7) is 1.27. The second-order valence-electron chi connectivity index (χ2n) is 6.08. The molecule has 0 aliphatic carbocycles. The van der Waals surface area contributed by atoms with Crippen LogP contribution >= 0.6 is 0 Å². The third-order valence-electron chi connectivity index (χ3n) is 4.41. The fourth-order valence-electron chi connectivity index (χ4n) is 3.06. The van der Waals surface area contributed by atoms with Crippen LogP contribution in [0.4, 0.5) is 0 Å². The lowest BCUT2D eigenvalue weighted by Gasteiger charge is -2.26. The molecular formula is C20H25N3O3.